The standard InChI is InChI=1S/C6H12N4/c1-4-9-10(3)5-8-6(2)7/h4-5,7H,1-3H3/b7-6?,8-5-,9-4-. The molecule has 0 aliphatic carbocycles. The quantitative estimate of drug-likeness (QED) is 0.346. The van der Waals surface area contributed by atoms with Crippen LogP contribution in [-0.2, 0) is 0 Å². The molecule has 0 aromatic rings. The minimum absolute atomic E-state index is 0.276. The van der Waals surface area contributed by atoms with E-state index in [-0.39, 0.29) is 5.84 Å². The lowest BCUT2D eigenvalue weighted by Crippen LogP contribution is -2.08. The molecule has 0 spiro atoms. The van der Waals surface area contributed by atoms with Crippen LogP contribution >= 0.6 is 0 Å². The first-order chi connectivity index (χ1) is 4.66. The molecule has 10 heavy (non-hydrogen) atoms. The zero-order valence-electron chi connectivity index (χ0n) is 6.50. The first-order valence-corrected chi connectivity index (χ1v) is 2.97. The molecule has 1 N–H and O–H groups in total. The van der Waals surface area contributed by atoms with Gasteiger partial charge < -0.3 is 0 Å². The van der Waals surface area contributed by atoms with Gasteiger partial charge in [0, 0.05) is 13.3 Å². The van der Waals surface area contributed by atoms with Gasteiger partial charge in [-0.1, -0.05) is 0 Å². The Labute approximate surface area is 60.8 Å². The van der Waals surface area contributed by atoms with Crippen molar-refractivity contribution >= 4 is 18.4 Å². The van der Waals surface area contributed by atoms with Crippen LogP contribution in [0.25, 0.3) is 0 Å². The summed E-state index contributed by atoms with van der Waals surface area (Å²) in [7, 11) is 1.76. The number of nitrogens with one attached hydrogen (secondary N) is 1. The van der Waals surface area contributed by atoms with Gasteiger partial charge >= 0.3 is 0 Å². The van der Waals surface area contributed by atoms with E-state index in [1.54, 1.807) is 20.2 Å². The average Bonchev–Trinajstić information content (AvgIpc) is 1.85. The van der Waals surface area contributed by atoms with Crippen LogP contribution < -0.4 is 0 Å². The van der Waals surface area contributed by atoms with Crippen LogP contribution in [0.1, 0.15) is 13.8 Å². The Morgan fingerprint density at radius 2 is 2.20 bits per heavy atom. The van der Waals surface area contributed by atoms with Gasteiger partial charge in [0.05, 0.1) is 0 Å². The highest BCUT2D eigenvalue weighted by Gasteiger charge is 1.81. The lowest BCUT2D eigenvalue weighted by atomic mass is 10.7. The summed E-state index contributed by atoms with van der Waals surface area (Å²) < 4.78 is 0. The monoisotopic (exact) mass is 140 g/mol. The molecule has 0 amide bonds. The van der Waals surface area contributed by atoms with Gasteiger partial charge in [-0.25, -0.2) is 4.99 Å². The summed E-state index contributed by atoms with van der Waals surface area (Å²) in [6, 6.07) is 0. The maximum Gasteiger partial charge on any atom is 0.119 e. The first kappa shape index (κ1) is 8.81. The summed E-state index contributed by atoms with van der Waals surface area (Å²) in [5.74, 6) is 0.276. The largest absolute Gasteiger partial charge is 0.287 e. The Kier molecular flexibility index (Phi) is 4.11. The van der Waals surface area contributed by atoms with Crippen molar-refractivity contribution in [1.82, 2.24) is 5.01 Å². The molecule has 0 radical (unpaired) electrons. The second-order valence-corrected chi connectivity index (χ2v) is 1.78. The van der Waals surface area contributed by atoms with Crippen molar-refractivity contribution in [3.05, 3.63) is 0 Å². The Hall–Kier alpha value is -1.19. The normalized spacial score (nSPS) is 11.1. The zero-order valence-corrected chi connectivity index (χ0v) is 6.50. The Morgan fingerprint density at radius 1 is 1.60 bits per heavy atom. The fraction of sp³-hybridized carbons (Fsp3) is 0.500. The minimum atomic E-state index is 0.276. The van der Waals surface area contributed by atoms with Crippen LogP contribution in [-0.4, -0.2) is 30.4 Å². The van der Waals surface area contributed by atoms with E-state index in [1.165, 1.54) is 11.3 Å². The molecule has 4 nitrogen and oxygen atoms in total. The summed E-state index contributed by atoms with van der Waals surface area (Å²) in [4.78, 5) is 3.71. The van der Waals surface area contributed by atoms with Crippen LogP contribution in [0.3, 0.4) is 0 Å². The van der Waals surface area contributed by atoms with E-state index < -0.39 is 0 Å². The number of hydrogen-bond donors (Lipinski definition) is 1. The summed E-state index contributed by atoms with van der Waals surface area (Å²) in [5, 5.41) is 12.3. The molecule has 0 unspecified atom stereocenters. The molecule has 0 rings (SSSR count). The Bertz CT molecular complexity index is 159. The summed E-state index contributed by atoms with van der Waals surface area (Å²) in [5.41, 5.74) is 0. The molecule has 0 aromatic carbocycles. The molecule has 56 valence electrons. The van der Waals surface area contributed by atoms with Crippen molar-refractivity contribution in [3.63, 3.8) is 0 Å². The summed E-state index contributed by atoms with van der Waals surface area (Å²) >= 11 is 0. The van der Waals surface area contributed by atoms with E-state index in [0.29, 0.717) is 0 Å². The zero-order chi connectivity index (χ0) is 7.98. The van der Waals surface area contributed by atoms with Crippen molar-refractivity contribution < 1.29 is 0 Å². The third-order valence-electron chi connectivity index (χ3n) is 0.716. The van der Waals surface area contributed by atoms with Crippen LogP contribution in [0.15, 0.2) is 10.1 Å². The molecule has 0 fully saturated rings. The molecule has 0 bridgehead atoms. The van der Waals surface area contributed by atoms with Crippen molar-refractivity contribution in [2.75, 3.05) is 7.05 Å². The Balaban J connectivity index is 3.77. The fourth-order valence-corrected chi connectivity index (χ4v) is 0.382. The van der Waals surface area contributed by atoms with E-state index in [0.717, 1.165) is 0 Å². The highest BCUT2D eigenvalue weighted by molar-refractivity contribution is 5.84. The topological polar surface area (TPSA) is 51.8 Å². The highest BCUT2D eigenvalue weighted by atomic mass is 15.4. The molecule has 4 heteroatoms. The third-order valence-corrected chi connectivity index (χ3v) is 0.716. The molecule has 0 saturated carbocycles. The summed E-state index contributed by atoms with van der Waals surface area (Å²) in [6.45, 7) is 3.43. The van der Waals surface area contributed by atoms with Crippen molar-refractivity contribution in [1.29, 1.82) is 5.41 Å². The predicted molar refractivity (Wildman–Crippen MR) is 43.8 cm³/mol. The molecule has 0 aliphatic heterocycles. The van der Waals surface area contributed by atoms with Gasteiger partial charge in [-0.05, 0) is 13.8 Å². The lowest BCUT2D eigenvalue weighted by molar-refractivity contribution is 0.565. The van der Waals surface area contributed by atoms with Gasteiger partial charge in [-0.3, -0.25) is 10.4 Å². The second-order valence-electron chi connectivity index (χ2n) is 1.78. The van der Waals surface area contributed by atoms with Crippen molar-refractivity contribution in [2.45, 2.75) is 13.8 Å². The first-order valence-electron chi connectivity index (χ1n) is 2.97. The molecular formula is C6H12N4. The highest BCUT2D eigenvalue weighted by Crippen LogP contribution is 1.77. The van der Waals surface area contributed by atoms with E-state index in [4.69, 9.17) is 5.41 Å². The van der Waals surface area contributed by atoms with E-state index in [2.05, 4.69) is 10.1 Å². The maximum absolute atomic E-state index is 6.94. The average molecular weight is 140 g/mol. The van der Waals surface area contributed by atoms with Crippen LogP contribution in [0.5, 0.6) is 0 Å². The number of rotatable bonds is 2. The van der Waals surface area contributed by atoms with Gasteiger partial charge in [-0.15, -0.1) is 0 Å². The van der Waals surface area contributed by atoms with Crippen LogP contribution in [0, 0.1) is 5.41 Å². The van der Waals surface area contributed by atoms with E-state index in [1.807, 2.05) is 6.92 Å². The molecular weight excluding hydrogens is 128 g/mol. The van der Waals surface area contributed by atoms with Gasteiger partial charge in [-0.2, -0.15) is 5.10 Å². The molecule has 0 atom stereocenters. The van der Waals surface area contributed by atoms with Crippen molar-refractivity contribution in [2.24, 2.45) is 10.1 Å². The van der Waals surface area contributed by atoms with Gasteiger partial charge in [0.15, 0.2) is 0 Å². The smallest absolute Gasteiger partial charge is 0.119 e. The third kappa shape index (κ3) is 4.96. The van der Waals surface area contributed by atoms with Crippen molar-refractivity contribution in [3.8, 4) is 0 Å². The maximum atomic E-state index is 6.94. The Morgan fingerprint density at radius 3 is 2.60 bits per heavy atom. The molecule has 0 saturated heterocycles. The van der Waals surface area contributed by atoms with Gasteiger partial charge in [0.25, 0.3) is 0 Å². The van der Waals surface area contributed by atoms with Gasteiger partial charge in [0.2, 0.25) is 0 Å². The van der Waals surface area contributed by atoms with E-state index >= 15 is 0 Å². The van der Waals surface area contributed by atoms with Gasteiger partial charge in [0.1, 0.15) is 12.2 Å². The fourth-order valence-electron chi connectivity index (χ4n) is 0.382. The number of hydrogen-bond acceptors (Lipinski definition) is 2. The second kappa shape index (κ2) is 4.67. The number of amidine groups is 1. The number of aliphatic imine (C=N–C) groups is 1. The number of hydrazone groups is 1. The SMILES string of the molecule is C/C=N\N(C)/C=N\C(C)=N. The molecule has 0 aromatic heterocycles. The minimum Gasteiger partial charge on any atom is -0.287 e. The molecule has 0 heterocycles. The lowest BCUT2D eigenvalue weighted by Gasteiger charge is -2.01. The predicted octanol–water partition coefficient (Wildman–Crippen LogP) is 0.949. The van der Waals surface area contributed by atoms with Crippen LogP contribution in [0.4, 0.5) is 0 Å². The number of nitrogens with zero attached hydrogens (tertiary/aromatic N) is 3. The van der Waals surface area contributed by atoms with E-state index in [9.17, 15) is 0 Å². The summed E-state index contributed by atoms with van der Waals surface area (Å²) in [6.07, 6.45) is 3.15. The van der Waals surface area contributed by atoms with Crippen LogP contribution in [0.2, 0.25) is 0 Å². The molecule has 0 aliphatic rings.